The predicted molar refractivity (Wildman–Crippen MR) is 136 cm³/mol. The summed E-state index contributed by atoms with van der Waals surface area (Å²) in [6.07, 6.45) is -0.0601. The number of carbonyl (C=O) groups is 3. The quantitative estimate of drug-likeness (QED) is 0.485. The number of thiol groups is 1. The molecule has 0 radical (unpaired) electrons. The van der Waals surface area contributed by atoms with Crippen molar-refractivity contribution in [2.75, 3.05) is 12.3 Å². The Balaban J connectivity index is 3.42. The third-order valence-electron chi connectivity index (χ3n) is 4.54. The minimum atomic E-state index is -0.939. The lowest BCUT2D eigenvalue weighted by molar-refractivity contribution is -0.142. The van der Waals surface area contributed by atoms with Crippen LogP contribution in [0.15, 0.2) is 18.2 Å². The van der Waals surface area contributed by atoms with Crippen LogP contribution >= 0.6 is 12.6 Å². The molecule has 3 amide bonds. The van der Waals surface area contributed by atoms with Crippen LogP contribution in [0.5, 0.6) is 0 Å². The first-order chi connectivity index (χ1) is 15.1. The van der Waals surface area contributed by atoms with E-state index in [-0.39, 0.29) is 17.6 Å². The standard InChI is InChI=1S/C25H41N3O4S/c1-10-11-28(22(30)19(15-33)26-23(31)32-25(7,8)9)20(21(29)27-24(4,5)6)18-13-16(2)12-17(3)14-18/h12-14,19-20,33H,10-11,15H2,1-9H3,(H,26,31)(H,27,29). The number of nitrogens with one attached hydrogen (secondary N) is 2. The predicted octanol–water partition coefficient (Wildman–Crippen LogP) is 4.32. The molecule has 33 heavy (non-hydrogen) atoms. The van der Waals surface area contributed by atoms with Gasteiger partial charge in [0, 0.05) is 17.8 Å². The SMILES string of the molecule is CCCN(C(=O)C(CS)NC(=O)OC(C)(C)C)C(C(=O)NC(C)(C)C)c1cc(C)cc(C)c1. The number of hydrogen-bond acceptors (Lipinski definition) is 5. The molecule has 0 saturated carbocycles. The Bertz CT molecular complexity index is 823. The van der Waals surface area contributed by atoms with Crippen molar-refractivity contribution < 1.29 is 19.1 Å². The number of aryl methyl sites for hydroxylation is 2. The average molecular weight is 480 g/mol. The fourth-order valence-corrected chi connectivity index (χ4v) is 3.77. The third-order valence-corrected chi connectivity index (χ3v) is 4.90. The molecule has 186 valence electrons. The molecule has 0 saturated heterocycles. The van der Waals surface area contributed by atoms with E-state index in [0.29, 0.717) is 13.0 Å². The monoisotopic (exact) mass is 479 g/mol. The topological polar surface area (TPSA) is 87.7 Å². The van der Waals surface area contributed by atoms with Gasteiger partial charge in [-0.2, -0.15) is 12.6 Å². The summed E-state index contributed by atoms with van der Waals surface area (Å²) in [5.41, 5.74) is 1.55. The van der Waals surface area contributed by atoms with Crippen LogP contribution in [0.4, 0.5) is 4.79 Å². The molecule has 0 spiro atoms. The molecule has 0 aliphatic carbocycles. The lowest BCUT2D eigenvalue weighted by atomic mass is 9.97. The first-order valence-electron chi connectivity index (χ1n) is 11.4. The van der Waals surface area contributed by atoms with Crippen molar-refractivity contribution in [2.24, 2.45) is 0 Å². The van der Waals surface area contributed by atoms with E-state index >= 15 is 0 Å². The van der Waals surface area contributed by atoms with Gasteiger partial charge in [-0.3, -0.25) is 9.59 Å². The van der Waals surface area contributed by atoms with Crippen LogP contribution in [0.25, 0.3) is 0 Å². The molecular weight excluding hydrogens is 438 g/mol. The molecular formula is C25H41N3O4S. The molecule has 0 aromatic heterocycles. The number of nitrogens with zero attached hydrogens (tertiary/aromatic N) is 1. The second-order valence-corrected chi connectivity index (χ2v) is 10.8. The van der Waals surface area contributed by atoms with Crippen molar-refractivity contribution in [3.05, 3.63) is 34.9 Å². The van der Waals surface area contributed by atoms with Gasteiger partial charge in [-0.15, -0.1) is 0 Å². The molecule has 1 aromatic rings. The summed E-state index contributed by atoms with van der Waals surface area (Å²) in [4.78, 5) is 41.0. The Morgan fingerprint density at radius 1 is 1.03 bits per heavy atom. The molecule has 1 aromatic carbocycles. The summed E-state index contributed by atoms with van der Waals surface area (Å²) in [6.45, 7) is 17.2. The molecule has 0 aliphatic heterocycles. The summed E-state index contributed by atoms with van der Waals surface area (Å²) in [6, 6.07) is 4.08. The van der Waals surface area contributed by atoms with Gasteiger partial charge < -0.3 is 20.3 Å². The van der Waals surface area contributed by atoms with E-state index < -0.39 is 29.3 Å². The van der Waals surface area contributed by atoms with Crippen LogP contribution in [-0.2, 0) is 14.3 Å². The molecule has 2 unspecified atom stereocenters. The van der Waals surface area contributed by atoms with E-state index in [1.165, 1.54) is 4.90 Å². The summed E-state index contributed by atoms with van der Waals surface area (Å²) in [5.74, 6) is -0.589. The molecule has 1 rings (SSSR count). The summed E-state index contributed by atoms with van der Waals surface area (Å²) in [5, 5.41) is 5.63. The Morgan fingerprint density at radius 3 is 2.00 bits per heavy atom. The molecule has 0 aliphatic rings. The zero-order valence-electron chi connectivity index (χ0n) is 21.5. The van der Waals surface area contributed by atoms with Crippen molar-refractivity contribution in [3.63, 3.8) is 0 Å². The van der Waals surface area contributed by atoms with Crippen LogP contribution in [0.3, 0.4) is 0 Å². The normalized spacial score (nSPS) is 13.6. The van der Waals surface area contributed by atoms with Gasteiger partial charge in [-0.25, -0.2) is 4.79 Å². The van der Waals surface area contributed by atoms with Gasteiger partial charge in [-0.1, -0.05) is 36.2 Å². The molecule has 2 N–H and O–H groups in total. The summed E-state index contributed by atoms with van der Waals surface area (Å²) < 4.78 is 5.32. The van der Waals surface area contributed by atoms with Crippen LogP contribution in [0.1, 0.15) is 77.6 Å². The van der Waals surface area contributed by atoms with Crippen molar-refractivity contribution in [1.29, 1.82) is 0 Å². The van der Waals surface area contributed by atoms with Crippen molar-refractivity contribution in [2.45, 2.75) is 92.0 Å². The summed E-state index contributed by atoms with van der Waals surface area (Å²) in [7, 11) is 0. The Hall–Kier alpha value is -2.22. The molecule has 8 heteroatoms. The molecule has 0 fully saturated rings. The third kappa shape index (κ3) is 9.66. The van der Waals surface area contributed by atoms with Crippen molar-refractivity contribution >= 4 is 30.5 Å². The van der Waals surface area contributed by atoms with E-state index in [0.717, 1.165) is 16.7 Å². The maximum Gasteiger partial charge on any atom is 0.408 e. The van der Waals surface area contributed by atoms with Crippen LogP contribution in [-0.4, -0.2) is 52.3 Å². The van der Waals surface area contributed by atoms with Gasteiger partial charge in [0.1, 0.15) is 17.7 Å². The van der Waals surface area contributed by atoms with E-state index in [1.807, 2.05) is 59.7 Å². The van der Waals surface area contributed by atoms with E-state index in [9.17, 15) is 14.4 Å². The maximum absolute atomic E-state index is 13.6. The number of hydrogen-bond donors (Lipinski definition) is 3. The first-order valence-corrected chi connectivity index (χ1v) is 12.0. The number of rotatable bonds is 8. The van der Waals surface area contributed by atoms with Gasteiger partial charge in [-0.05, 0) is 67.4 Å². The van der Waals surface area contributed by atoms with Gasteiger partial charge in [0.15, 0.2) is 0 Å². The number of benzene rings is 1. The zero-order valence-corrected chi connectivity index (χ0v) is 22.4. The fraction of sp³-hybridized carbons (Fsp3) is 0.640. The van der Waals surface area contributed by atoms with Gasteiger partial charge in [0.05, 0.1) is 0 Å². The maximum atomic E-state index is 13.6. The van der Waals surface area contributed by atoms with E-state index in [4.69, 9.17) is 4.74 Å². The van der Waals surface area contributed by atoms with E-state index in [2.05, 4.69) is 23.3 Å². The highest BCUT2D eigenvalue weighted by atomic mass is 32.1. The summed E-state index contributed by atoms with van der Waals surface area (Å²) >= 11 is 4.29. The number of ether oxygens (including phenoxy) is 1. The fourth-order valence-electron chi connectivity index (χ4n) is 3.52. The Morgan fingerprint density at radius 2 is 1.58 bits per heavy atom. The second kappa shape index (κ2) is 11.8. The minimum Gasteiger partial charge on any atom is -0.444 e. The number of amides is 3. The number of alkyl carbamates (subject to hydrolysis) is 1. The molecule has 0 bridgehead atoms. The van der Waals surface area contributed by atoms with Crippen LogP contribution < -0.4 is 10.6 Å². The average Bonchev–Trinajstić information content (AvgIpc) is 2.61. The van der Waals surface area contributed by atoms with Crippen LogP contribution in [0.2, 0.25) is 0 Å². The highest BCUT2D eigenvalue weighted by molar-refractivity contribution is 7.80. The highest BCUT2D eigenvalue weighted by Crippen LogP contribution is 2.26. The van der Waals surface area contributed by atoms with Gasteiger partial charge >= 0.3 is 6.09 Å². The lowest BCUT2D eigenvalue weighted by Gasteiger charge is -2.36. The van der Waals surface area contributed by atoms with E-state index in [1.54, 1.807) is 20.8 Å². The largest absolute Gasteiger partial charge is 0.444 e. The first kappa shape index (κ1) is 28.8. The lowest BCUT2D eigenvalue weighted by Crippen LogP contribution is -2.55. The van der Waals surface area contributed by atoms with Gasteiger partial charge in [0.2, 0.25) is 11.8 Å². The highest BCUT2D eigenvalue weighted by Gasteiger charge is 2.36. The Labute approximate surface area is 204 Å². The Kier molecular flexibility index (Phi) is 10.3. The van der Waals surface area contributed by atoms with Crippen molar-refractivity contribution in [3.8, 4) is 0 Å². The molecule has 7 nitrogen and oxygen atoms in total. The zero-order chi connectivity index (χ0) is 25.6. The molecule has 2 atom stereocenters. The van der Waals surface area contributed by atoms with Gasteiger partial charge in [0.25, 0.3) is 0 Å². The number of carbonyl (C=O) groups excluding carboxylic acids is 3. The van der Waals surface area contributed by atoms with Crippen LogP contribution in [0, 0.1) is 13.8 Å². The smallest absolute Gasteiger partial charge is 0.408 e. The second-order valence-electron chi connectivity index (χ2n) is 10.5. The molecule has 0 heterocycles. The minimum absolute atomic E-state index is 0.0682. The van der Waals surface area contributed by atoms with Crippen molar-refractivity contribution in [1.82, 2.24) is 15.5 Å².